The van der Waals surface area contributed by atoms with Crippen LogP contribution >= 0.6 is 0 Å². The van der Waals surface area contributed by atoms with E-state index in [0.29, 0.717) is 0 Å². The molecule has 1 saturated carbocycles. The van der Waals surface area contributed by atoms with Crippen LogP contribution in [0.4, 0.5) is 5.69 Å². The first-order valence-corrected chi connectivity index (χ1v) is 7.07. The topological polar surface area (TPSA) is 80.5 Å². The van der Waals surface area contributed by atoms with Crippen LogP contribution in [-0.2, 0) is 18.9 Å². The summed E-state index contributed by atoms with van der Waals surface area (Å²) in [6.07, 6.45) is 4.15. The third-order valence-corrected chi connectivity index (χ3v) is 4.53. The third kappa shape index (κ3) is 2.27. The lowest BCUT2D eigenvalue weighted by molar-refractivity contribution is 0.0891. The van der Waals surface area contributed by atoms with Gasteiger partial charge in [-0.05, 0) is 37.5 Å². The monoisotopic (exact) mass is 281 g/mol. The summed E-state index contributed by atoms with van der Waals surface area (Å²) in [5.41, 5.74) is 7.56. The number of hydrogen-bond acceptors (Lipinski definition) is 4. The quantitative estimate of drug-likeness (QED) is 0.875. The van der Waals surface area contributed by atoms with E-state index >= 15 is 0 Å². The summed E-state index contributed by atoms with van der Waals surface area (Å²) in [6, 6.07) is 10.4. The van der Waals surface area contributed by atoms with Crippen molar-refractivity contribution in [2.75, 3.05) is 5.73 Å². The minimum absolute atomic E-state index is 0.0688. The van der Waals surface area contributed by atoms with Gasteiger partial charge >= 0.3 is 0 Å². The van der Waals surface area contributed by atoms with Crippen LogP contribution in [-0.4, -0.2) is 14.8 Å². The van der Waals surface area contributed by atoms with Gasteiger partial charge in [-0.3, -0.25) is 0 Å². The first-order valence-electron chi connectivity index (χ1n) is 7.07. The van der Waals surface area contributed by atoms with E-state index < -0.39 is 0 Å². The summed E-state index contributed by atoms with van der Waals surface area (Å²) in [7, 11) is 1.95. The highest BCUT2D eigenvalue weighted by atomic mass is 15.2. The first-order chi connectivity index (χ1) is 9.96. The van der Waals surface area contributed by atoms with Gasteiger partial charge in [0.15, 0.2) is 0 Å². The average Bonchev–Trinajstić information content (AvgIpc) is 2.82. The zero-order valence-electron chi connectivity index (χ0n) is 12.4. The minimum Gasteiger partial charge on any atom is -0.399 e. The lowest BCUT2D eigenvalue weighted by Gasteiger charge is -2.51. The van der Waals surface area contributed by atoms with E-state index in [-0.39, 0.29) is 10.8 Å². The number of anilines is 1. The van der Waals surface area contributed by atoms with Crippen LogP contribution in [0.1, 0.15) is 31.2 Å². The Morgan fingerprint density at radius 3 is 2.76 bits per heavy atom. The fourth-order valence-corrected chi connectivity index (χ4v) is 3.59. The number of nitrogen functional groups attached to an aromatic ring is 1. The van der Waals surface area contributed by atoms with Crippen LogP contribution in [0.5, 0.6) is 0 Å². The number of rotatable bonds is 3. The van der Waals surface area contributed by atoms with Crippen LogP contribution in [0.3, 0.4) is 0 Å². The second-order valence-corrected chi connectivity index (χ2v) is 6.47. The standard InChI is InChI=1S/C16H19N5/c1-15(10-17)8-16(9-15,7-14-20-19-11-21(14)2)12-4-3-5-13(18)6-12/h3-6,11H,7-9,18H2,1-2H3/t15-,16-. The van der Waals surface area contributed by atoms with Crippen molar-refractivity contribution >= 4 is 5.69 Å². The number of hydrogen-bond donors (Lipinski definition) is 1. The Balaban J connectivity index is 1.98. The van der Waals surface area contributed by atoms with Gasteiger partial charge in [0.05, 0.1) is 11.5 Å². The Morgan fingerprint density at radius 2 is 2.19 bits per heavy atom. The molecule has 2 aromatic rings. The van der Waals surface area contributed by atoms with Crippen LogP contribution < -0.4 is 5.73 Å². The molecule has 0 radical (unpaired) electrons. The summed E-state index contributed by atoms with van der Waals surface area (Å²) >= 11 is 0. The molecule has 3 rings (SSSR count). The normalized spacial score (nSPS) is 27.9. The van der Waals surface area contributed by atoms with E-state index in [0.717, 1.165) is 30.8 Å². The predicted molar refractivity (Wildman–Crippen MR) is 80.2 cm³/mol. The smallest absolute Gasteiger partial charge is 0.133 e. The molecule has 0 unspecified atom stereocenters. The average molecular weight is 281 g/mol. The van der Waals surface area contributed by atoms with Gasteiger partial charge in [0.25, 0.3) is 0 Å². The Labute approximate surface area is 124 Å². The van der Waals surface area contributed by atoms with Gasteiger partial charge in [0, 0.05) is 24.6 Å². The summed E-state index contributed by atoms with van der Waals surface area (Å²) in [4.78, 5) is 0. The van der Waals surface area contributed by atoms with Crippen molar-refractivity contribution in [2.45, 2.75) is 31.6 Å². The van der Waals surface area contributed by atoms with Gasteiger partial charge in [0.2, 0.25) is 0 Å². The molecule has 1 aromatic carbocycles. The Kier molecular flexibility index (Phi) is 2.98. The van der Waals surface area contributed by atoms with Crippen molar-refractivity contribution in [3.05, 3.63) is 42.0 Å². The molecule has 1 fully saturated rings. The number of aromatic nitrogens is 3. The second-order valence-electron chi connectivity index (χ2n) is 6.47. The van der Waals surface area contributed by atoms with E-state index in [1.165, 1.54) is 5.56 Å². The highest BCUT2D eigenvalue weighted by Gasteiger charge is 2.53. The molecular weight excluding hydrogens is 262 g/mol. The van der Waals surface area contributed by atoms with Gasteiger partial charge in [-0.15, -0.1) is 10.2 Å². The summed E-state index contributed by atoms with van der Waals surface area (Å²) in [5, 5.41) is 17.5. The molecule has 0 aliphatic heterocycles. The maximum absolute atomic E-state index is 9.35. The van der Waals surface area contributed by atoms with E-state index in [2.05, 4.69) is 22.3 Å². The Bertz CT molecular complexity index is 703. The summed E-state index contributed by atoms with van der Waals surface area (Å²) in [5.74, 6) is 0.942. The summed E-state index contributed by atoms with van der Waals surface area (Å²) < 4.78 is 1.94. The van der Waals surface area contributed by atoms with Crippen molar-refractivity contribution in [3.8, 4) is 6.07 Å². The van der Waals surface area contributed by atoms with Gasteiger partial charge in [-0.25, -0.2) is 0 Å². The molecule has 5 heteroatoms. The van der Waals surface area contributed by atoms with Crippen molar-refractivity contribution < 1.29 is 0 Å². The lowest BCUT2D eigenvalue weighted by Crippen LogP contribution is -2.49. The molecule has 108 valence electrons. The van der Waals surface area contributed by atoms with Crippen molar-refractivity contribution in [1.29, 1.82) is 5.26 Å². The number of nitriles is 1. The molecule has 0 spiro atoms. The first kappa shape index (κ1) is 13.6. The van der Waals surface area contributed by atoms with Crippen LogP contribution in [0.2, 0.25) is 0 Å². The fraction of sp³-hybridized carbons (Fsp3) is 0.438. The van der Waals surface area contributed by atoms with Crippen molar-refractivity contribution in [3.63, 3.8) is 0 Å². The van der Waals surface area contributed by atoms with Crippen molar-refractivity contribution in [2.24, 2.45) is 12.5 Å². The lowest BCUT2D eigenvalue weighted by atomic mass is 9.50. The number of benzene rings is 1. The van der Waals surface area contributed by atoms with Gasteiger partial charge < -0.3 is 10.3 Å². The Morgan fingerprint density at radius 1 is 1.43 bits per heavy atom. The molecule has 1 aromatic heterocycles. The summed E-state index contributed by atoms with van der Waals surface area (Å²) in [6.45, 7) is 2.02. The van der Waals surface area contributed by atoms with Gasteiger partial charge in [-0.2, -0.15) is 5.26 Å². The highest BCUT2D eigenvalue weighted by Crippen LogP contribution is 2.56. The molecule has 2 N–H and O–H groups in total. The third-order valence-electron chi connectivity index (χ3n) is 4.53. The molecule has 0 saturated heterocycles. The SMILES string of the molecule is Cn1cnnc1C[C@]1(c2cccc(N)c2)C[C@](C)(C#N)C1. The van der Waals surface area contributed by atoms with Crippen LogP contribution in [0, 0.1) is 16.7 Å². The Hall–Kier alpha value is -2.35. The van der Waals surface area contributed by atoms with E-state index in [1.54, 1.807) is 6.33 Å². The number of aryl methyl sites for hydroxylation is 1. The van der Waals surface area contributed by atoms with Gasteiger partial charge in [0.1, 0.15) is 12.2 Å². The van der Waals surface area contributed by atoms with E-state index in [4.69, 9.17) is 5.73 Å². The molecule has 21 heavy (non-hydrogen) atoms. The fourth-order valence-electron chi connectivity index (χ4n) is 3.59. The minimum atomic E-state index is -0.261. The molecule has 1 aliphatic rings. The van der Waals surface area contributed by atoms with Crippen molar-refractivity contribution in [1.82, 2.24) is 14.8 Å². The zero-order chi connectivity index (χ0) is 15.1. The zero-order valence-corrected chi connectivity index (χ0v) is 12.4. The maximum atomic E-state index is 9.35. The molecule has 0 amide bonds. The largest absolute Gasteiger partial charge is 0.399 e. The van der Waals surface area contributed by atoms with E-state index in [9.17, 15) is 5.26 Å². The van der Waals surface area contributed by atoms with E-state index in [1.807, 2.05) is 36.7 Å². The molecule has 0 bridgehead atoms. The van der Waals surface area contributed by atoms with Crippen LogP contribution in [0.25, 0.3) is 0 Å². The predicted octanol–water partition coefficient (Wildman–Crippen LogP) is 2.20. The molecule has 5 nitrogen and oxygen atoms in total. The molecule has 1 heterocycles. The molecule has 1 aliphatic carbocycles. The number of nitrogens with two attached hydrogens (primary N) is 1. The highest BCUT2D eigenvalue weighted by molar-refractivity contribution is 5.45. The molecular formula is C16H19N5. The number of nitrogens with zero attached hydrogens (tertiary/aromatic N) is 4. The van der Waals surface area contributed by atoms with Crippen LogP contribution in [0.15, 0.2) is 30.6 Å². The van der Waals surface area contributed by atoms with Gasteiger partial charge in [-0.1, -0.05) is 12.1 Å². The second kappa shape index (κ2) is 4.59. The molecule has 0 atom stereocenters. The maximum Gasteiger partial charge on any atom is 0.133 e.